The highest BCUT2D eigenvalue weighted by molar-refractivity contribution is 6.42. The van der Waals surface area contributed by atoms with Crippen molar-refractivity contribution in [3.8, 4) is 11.5 Å². The number of rotatable bonds is 2. The van der Waals surface area contributed by atoms with Gasteiger partial charge in [0.2, 0.25) is 0 Å². The average molecular weight is 283 g/mol. The van der Waals surface area contributed by atoms with Crippen LogP contribution in [-0.4, -0.2) is 16.0 Å². The first-order valence-electron chi connectivity index (χ1n) is 5.01. The molecule has 0 unspecified atom stereocenters. The smallest absolute Gasteiger partial charge is 0.193 e. The molecule has 0 aliphatic heterocycles. The van der Waals surface area contributed by atoms with Crippen LogP contribution in [0, 0.1) is 0 Å². The van der Waals surface area contributed by atoms with E-state index in [4.69, 9.17) is 23.2 Å². The maximum Gasteiger partial charge on any atom is 0.193 e. The van der Waals surface area contributed by atoms with E-state index in [0.717, 1.165) is 0 Å². The van der Waals surface area contributed by atoms with Gasteiger partial charge in [0, 0.05) is 11.1 Å². The van der Waals surface area contributed by atoms with Crippen molar-refractivity contribution in [1.29, 1.82) is 0 Å². The Labute approximate surface area is 113 Å². The van der Waals surface area contributed by atoms with E-state index in [1.165, 1.54) is 30.3 Å². The summed E-state index contributed by atoms with van der Waals surface area (Å²) in [4.78, 5) is 12.1. The number of ketones is 1. The lowest BCUT2D eigenvalue weighted by Gasteiger charge is -2.04. The van der Waals surface area contributed by atoms with Crippen molar-refractivity contribution < 1.29 is 15.0 Å². The van der Waals surface area contributed by atoms with Crippen molar-refractivity contribution in [1.82, 2.24) is 0 Å². The topological polar surface area (TPSA) is 57.5 Å². The number of phenolic OH excluding ortho intramolecular Hbond substituents is 2. The average Bonchev–Trinajstić information content (AvgIpc) is 2.35. The van der Waals surface area contributed by atoms with Gasteiger partial charge in [-0.15, -0.1) is 0 Å². The lowest BCUT2D eigenvalue weighted by atomic mass is 10.0. The molecule has 18 heavy (non-hydrogen) atoms. The van der Waals surface area contributed by atoms with E-state index >= 15 is 0 Å². The normalized spacial score (nSPS) is 10.3. The van der Waals surface area contributed by atoms with Crippen LogP contribution in [0.25, 0.3) is 0 Å². The van der Waals surface area contributed by atoms with E-state index in [0.29, 0.717) is 10.6 Å². The fourth-order valence-electron chi connectivity index (χ4n) is 1.47. The zero-order chi connectivity index (χ0) is 13.3. The maximum absolute atomic E-state index is 12.1. The van der Waals surface area contributed by atoms with Crippen LogP contribution in [0.3, 0.4) is 0 Å². The third-order valence-corrected chi connectivity index (χ3v) is 3.16. The van der Waals surface area contributed by atoms with E-state index in [-0.39, 0.29) is 27.9 Å². The molecule has 0 aliphatic carbocycles. The van der Waals surface area contributed by atoms with E-state index in [9.17, 15) is 15.0 Å². The third-order valence-electron chi connectivity index (χ3n) is 2.42. The van der Waals surface area contributed by atoms with E-state index < -0.39 is 0 Å². The van der Waals surface area contributed by atoms with Gasteiger partial charge >= 0.3 is 0 Å². The van der Waals surface area contributed by atoms with Crippen molar-refractivity contribution in [2.75, 3.05) is 0 Å². The molecule has 0 bridgehead atoms. The van der Waals surface area contributed by atoms with Gasteiger partial charge in [-0.25, -0.2) is 0 Å². The van der Waals surface area contributed by atoms with E-state index in [1.807, 2.05) is 0 Å². The number of hydrogen-bond acceptors (Lipinski definition) is 3. The second kappa shape index (κ2) is 4.88. The highest BCUT2D eigenvalue weighted by Gasteiger charge is 2.12. The summed E-state index contributed by atoms with van der Waals surface area (Å²) in [7, 11) is 0. The van der Waals surface area contributed by atoms with Crippen LogP contribution in [-0.2, 0) is 0 Å². The second-order valence-electron chi connectivity index (χ2n) is 3.66. The van der Waals surface area contributed by atoms with Gasteiger partial charge in [0.25, 0.3) is 0 Å². The van der Waals surface area contributed by atoms with Crippen LogP contribution < -0.4 is 0 Å². The first kappa shape index (κ1) is 12.7. The van der Waals surface area contributed by atoms with E-state index in [1.54, 1.807) is 6.07 Å². The van der Waals surface area contributed by atoms with Gasteiger partial charge in [-0.05, 0) is 36.4 Å². The predicted octanol–water partition coefficient (Wildman–Crippen LogP) is 3.64. The molecule has 2 aromatic rings. The molecule has 0 saturated carbocycles. The lowest BCUT2D eigenvalue weighted by molar-refractivity contribution is 0.103. The molecule has 2 N–H and O–H groups in total. The number of aromatic hydroxyl groups is 2. The summed E-state index contributed by atoms with van der Waals surface area (Å²) in [6.45, 7) is 0. The number of carbonyl (C=O) groups is 1. The minimum atomic E-state index is -0.346. The molecule has 5 heteroatoms. The van der Waals surface area contributed by atoms with E-state index in [2.05, 4.69) is 0 Å². The summed E-state index contributed by atoms with van der Waals surface area (Å²) in [6.07, 6.45) is 0. The van der Waals surface area contributed by atoms with Crippen LogP contribution >= 0.6 is 23.2 Å². The van der Waals surface area contributed by atoms with Crippen molar-refractivity contribution in [2.24, 2.45) is 0 Å². The summed E-state index contributed by atoms with van der Waals surface area (Å²) in [5, 5.41) is 19.2. The summed E-state index contributed by atoms with van der Waals surface area (Å²) >= 11 is 11.6. The largest absolute Gasteiger partial charge is 0.504 e. The number of carbonyl (C=O) groups excluding carboxylic acids is 1. The summed E-state index contributed by atoms with van der Waals surface area (Å²) in [5.74, 6) is -0.939. The van der Waals surface area contributed by atoms with Crippen LogP contribution in [0.2, 0.25) is 10.0 Å². The first-order valence-corrected chi connectivity index (χ1v) is 5.76. The Balaban J connectivity index is 2.41. The Kier molecular flexibility index (Phi) is 3.45. The molecule has 0 heterocycles. The fraction of sp³-hybridized carbons (Fsp3) is 0. The number of halogens is 2. The minimum absolute atomic E-state index is 0.253. The molecule has 0 aliphatic rings. The summed E-state index contributed by atoms with van der Waals surface area (Å²) in [6, 6.07) is 8.38. The van der Waals surface area contributed by atoms with Crippen LogP contribution in [0.1, 0.15) is 15.9 Å². The molecule has 2 aromatic carbocycles. The van der Waals surface area contributed by atoms with Crippen molar-refractivity contribution in [3.63, 3.8) is 0 Å². The molecule has 3 nitrogen and oxygen atoms in total. The zero-order valence-corrected chi connectivity index (χ0v) is 10.5. The quantitative estimate of drug-likeness (QED) is 0.653. The van der Waals surface area contributed by atoms with Gasteiger partial charge in [-0.2, -0.15) is 0 Å². The number of benzene rings is 2. The minimum Gasteiger partial charge on any atom is -0.504 e. The monoisotopic (exact) mass is 282 g/mol. The molecule has 0 saturated heterocycles. The molecule has 0 spiro atoms. The van der Waals surface area contributed by atoms with Crippen LogP contribution in [0.5, 0.6) is 11.5 Å². The molecule has 0 radical (unpaired) electrons. The maximum atomic E-state index is 12.1. The lowest BCUT2D eigenvalue weighted by Crippen LogP contribution is -2.00. The molecule has 0 atom stereocenters. The van der Waals surface area contributed by atoms with Gasteiger partial charge in [-0.3, -0.25) is 4.79 Å². The molecule has 0 aromatic heterocycles. The fourth-order valence-corrected chi connectivity index (χ4v) is 1.77. The van der Waals surface area contributed by atoms with Gasteiger partial charge in [0.1, 0.15) is 0 Å². The summed E-state index contributed by atoms with van der Waals surface area (Å²) < 4.78 is 0. The molecule has 0 amide bonds. The molecule has 0 fully saturated rings. The highest BCUT2D eigenvalue weighted by atomic mass is 35.5. The van der Waals surface area contributed by atoms with Gasteiger partial charge < -0.3 is 10.2 Å². The second-order valence-corrected chi connectivity index (χ2v) is 4.48. The zero-order valence-electron chi connectivity index (χ0n) is 9.02. The highest BCUT2D eigenvalue weighted by Crippen LogP contribution is 2.28. The Morgan fingerprint density at radius 2 is 1.44 bits per heavy atom. The Morgan fingerprint density at radius 3 is 2.06 bits per heavy atom. The van der Waals surface area contributed by atoms with Crippen molar-refractivity contribution >= 4 is 29.0 Å². The SMILES string of the molecule is O=C(c1ccc(O)c(O)c1)c1ccc(Cl)c(Cl)c1. The molecule has 2 rings (SSSR count). The molecule has 92 valence electrons. The standard InChI is InChI=1S/C13H8Cl2O3/c14-9-3-1-7(5-10(9)15)13(18)8-2-4-11(16)12(17)6-8/h1-6,16-17H. The van der Waals surface area contributed by atoms with Crippen LogP contribution in [0.4, 0.5) is 0 Å². The number of hydrogen-bond donors (Lipinski definition) is 2. The molecular weight excluding hydrogens is 275 g/mol. The van der Waals surface area contributed by atoms with Gasteiger partial charge in [0.15, 0.2) is 17.3 Å². The molecular formula is C13H8Cl2O3. The van der Waals surface area contributed by atoms with Crippen molar-refractivity contribution in [2.45, 2.75) is 0 Å². The first-order chi connectivity index (χ1) is 8.49. The third kappa shape index (κ3) is 2.42. The summed E-state index contributed by atoms with van der Waals surface area (Å²) in [5.41, 5.74) is 0.609. The Morgan fingerprint density at radius 1 is 0.833 bits per heavy atom. The van der Waals surface area contributed by atoms with Crippen LogP contribution in [0.15, 0.2) is 36.4 Å². The number of phenols is 2. The Hall–Kier alpha value is -1.71. The Bertz CT molecular complexity index is 570. The van der Waals surface area contributed by atoms with Crippen molar-refractivity contribution in [3.05, 3.63) is 57.6 Å². The van der Waals surface area contributed by atoms with Gasteiger partial charge in [-0.1, -0.05) is 23.2 Å². The van der Waals surface area contributed by atoms with Gasteiger partial charge in [0.05, 0.1) is 10.0 Å². The predicted molar refractivity (Wildman–Crippen MR) is 69.7 cm³/mol.